The molecule has 0 radical (unpaired) electrons. The summed E-state index contributed by atoms with van der Waals surface area (Å²) >= 11 is 3.48. The molecule has 0 saturated carbocycles. The Hall–Kier alpha value is -4.37. The molecule has 0 saturated heterocycles. The summed E-state index contributed by atoms with van der Waals surface area (Å²) in [5, 5.41) is 15.1. The van der Waals surface area contributed by atoms with Gasteiger partial charge >= 0.3 is 5.97 Å². The van der Waals surface area contributed by atoms with Gasteiger partial charge in [0.15, 0.2) is 11.5 Å². The van der Waals surface area contributed by atoms with Crippen LogP contribution in [0, 0.1) is 0 Å². The molecular formula is C28H23BrN2O6. The molecule has 4 rings (SSSR count). The number of carboxylic acids is 1. The normalized spacial score (nSPS) is 10.9. The second kappa shape index (κ2) is 11.6. The van der Waals surface area contributed by atoms with Crippen LogP contribution >= 0.6 is 15.9 Å². The van der Waals surface area contributed by atoms with Gasteiger partial charge in [0.05, 0.1) is 36.0 Å². The number of carbonyl (C=O) groups excluding carboxylic acids is 1. The highest BCUT2D eigenvalue weighted by Gasteiger charge is 2.14. The van der Waals surface area contributed by atoms with E-state index in [1.807, 2.05) is 30.3 Å². The zero-order valence-corrected chi connectivity index (χ0v) is 21.6. The van der Waals surface area contributed by atoms with Crippen molar-refractivity contribution in [3.63, 3.8) is 0 Å². The van der Waals surface area contributed by atoms with Crippen molar-refractivity contribution in [3.8, 4) is 17.2 Å². The summed E-state index contributed by atoms with van der Waals surface area (Å²) in [5.74, 6) is -0.0758. The molecule has 1 amide bonds. The number of halogens is 1. The minimum Gasteiger partial charge on any atom is -0.496 e. The summed E-state index contributed by atoms with van der Waals surface area (Å²) in [5.41, 5.74) is 4.43. The summed E-state index contributed by atoms with van der Waals surface area (Å²) in [6.07, 6.45) is 1.48. The fourth-order valence-corrected chi connectivity index (χ4v) is 4.27. The first kappa shape index (κ1) is 25.7. The summed E-state index contributed by atoms with van der Waals surface area (Å²) < 4.78 is 17.4. The van der Waals surface area contributed by atoms with E-state index in [0.29, 0.717) is 38.4 Å². The van der Waals surface area contributed by atoms with Gasteiger partial charge in [-0.2, -0.15) is 5.10 Å². The lowest BCUT2D eigenvalue weighted by molar-refractivity contribution is 0.0696. The van der Waals surface area contributed by atoms with E-state index in [4.69, 9.17) is 14.2 Å². The maximum absolute atomic E-state index is 12.8. The SMILES string of the molecule is COc1cc2ccccc2cc1C(=O)N/N=C\c1cc(Br)c(OCc2cccc(C(=O)O)c2)c(OC)c1. The Morgan fingerprint density at radius 3 is 2.38 bits per heavy atom. The molecule has 4 aromatic rings. The number of amides is 1. The predicted octanol–water partition coefficient (Wildman–Crippen LogP) is 5.66. The van der Waals surface area contributed by atoms with Crippen molar-refractivity contribution in [3.05, 3.63) is 99.5 Å². The molecule has 188 valence electrons. The van der Waals surface area contributed by atoms with E-state index in [9.17, 15) is 14.7 Å². The highest BCUT2D eigenvalue weighted by Crippen LogP contribution is 2.37. The molecule has 0 atom stereocenters. The molecule has 0 heterocycles. The number of hydrogen-bond donors (Lipinski definition) is 2. The van der Waals surface area contributed by atoms with Crippen LogP contribution in [0.4, 0.5) is 0 Å². The van der Waals surface area contributed by atoms with Crippen LogP contribution in [0.2, 0.25) is 0 Å². The second-order valence-electron chi connectivity index (χ2n) is 7.93. The van der Waals surface area contributed by atoms with Crippen molar-refractivity contribution in [1.29, 1.82) is 0 Å². The number of carboxylic acid groups (broad SMARTS) is 1. The lowest BCUT2D eigenvalue weighted by Crippen LogP contribution is -2.18. The number of carbonyl (C=O) groups is 2. The third kappa shape index (κ3) is 6.07. The third-order valence-corrected chi connectivity index (χ3v) is 6.09. The molecule has 37 heavy (non-hydrogen) atoms. The molecule has 4 aromatic carbocycles. The maximum atomic E-state index is 12.8. The molecule has 8 nitrogen and oxygen atoms in total. The monoisotopic (exact) mass is 562 g/mol. The number of hydrazone groups is 1. The van der Waals surface area contributed by atoms with Crippen molar-refractivity contribution in [2.45, 2.75) is 6.61 Å². The van der Waals surface area contributed by atoms with Crippen LogP contribution in [-0.4, -0.2) is 37.4 Å². The van der Waals surface area contributed by atoms with Crippen molar-refractivity contribution in [2.24, 2.45) is 5.10 Å². The van der Waals surface area contributed by atoms with Gasteiger partial charge in [-0.25, -0.2) is 10.2 Å². The largest absolute Gasteiger partial charge is 0.496 e. The molecule has 0 aliphatic heterocycles. The number of rotatable bonds is 9. The van der Waals surface area contributed by atoms with Gasteiger partial charge in [0, 0.05) is 0 Å². The molecule has 0 bridgehead atoms. The van der Waals surface area contributed by atoms with Gasteiger partial charge < -0.3 is 19.3 Å². The zero-order valence-electron chi connectivity index (χ0n) is 20.0. The van der Waals surface area contributed by atoms with Gasteiger partial charge in [0.25, 0.3) is 5.91 Å². The standard InChI is InChI=1S/C28H23BrN2O6/c1-35-24-14-20-8-4-3-7-19(20)13-22(24)27(32)31-30-15-18-11-23(29)26(25(12-18)36-2)37-16-17-6-5-9-21(10-17)28(33)34/h3-15H,16H2,1-2H3,(H,31,32)(H,33,34)/b30-15-. The first-order valence-electron chi connectivity index (χ1n) is 11.1. The number of nitrogens with one attached hydrogen (secondary N) is 1. The maximum Gasteiger partial charge on any atom is 0.335 e. The molecule has 9 heteroatoms. The van der Waals surface area contributed by atoms with E-state index >= 15 is 0 Å². The van der Waals surface area contributed by atoms with Gasteiger partial charge in [0.1, 0.15) is 12.4 Å². The minimum atomic E-state index is -1.00. The fraction of sp³-hybridized carbons (Fsp3) is 0.107. The van der Waals surface area contributed by atoms with Crippen LogP contribution in [0.5, 0.6) is 17.2 Å². The van der Waals surface area contributed by atoms with Crippen LogP contribution in [0.1, 0.15) is 31.8 Å². The molecule has 0 fully saturated rings. The smallest absolute Gasteiger partial charge is 0.335 e. The second-order valence-corrected chi connectivity index (χ2v) is 8.78. The number of aromatic carboxylic acids is 1. The molecule has 0 unspecified atom stereocenters. The predicted molar refractivity (Wildman–Crippen MR) is 144 cm³/mol. The number of fused-ring (bicyclic) bond motifs is 1. The van der Waals surface area contributed by atoms with Gasteiger partial charge in [-0.15, -0.1) is 0 Å². The van der Waals surface area contributed by atoms with Crippen LogP contribution in [0.3, 0.4) is 0 Å². The lowest BCUT2D eigenvalue weighted by atomic mass is 10.1. The Morgan fingerprint density at radius 1 is 0.946 bits per heavy atom. The van der Waals surface area contributed by atoms with E-state index < -0.39 is 11.9 Å². The van der Waals surface area contributed by atoms with Crippen LogP contribution in [0.25, 0.3) is 10.8 Å². The average Bonchev–Trinajstić information content (AvgIpc) is 2.91. The molecular weight excluding hydrogens is 540 g/mol. The number of benzene rings is 4. The summed E-state index contributed by atoms with van der Waals surface area (Å²) in [7, 11) is 3.02. The van der Waals surface area contributed by atoms with Gasteiger partial charge in [-0.05, 0) is 74.2 Å². The first-order valence-corrected chi connectivity index (χ1v) is 11.9. The van der Waals surface area contributed by atoms with Crippen LogP contribution in [0.15, 0.2) is 82.4 Å². The number of hydrogen-bond acceptors (Lipinski definition) is 6. The number of methoxy groups -OCH3 is 2. The van der Waals surface area contributed by atoms with E-state index in [0.717, 1.165) is 10.8 Å². The lowest BCUT2D eigenvalue weighted by Gasteiger charge is -2.14. The van der Waals surface area contributed by atoms with Gasteiger partial charge in [0.2, 0.25) is 0 Å². The molecule has 0 aromatic heterocycles. The Balaban J connectivity index is 1.48. The fourth-order valence-electron chi connectivity index (χ4n) is 3.70. The van der Waals surface area contributed by atoms with E-state index in [1.54, 1.807) is 36.4 Å². The molecule has 0 spiro atoms. The quantitative estimate of drug-likeness (QED) is 0.201. The van der Waals surface area contributed by atoms with E-state index in [2.05, 4.69) is 26.5 Å². The molecule has 0 aliphatic carbocycles. The Kier molecular flexibility index (Phi) is 8.05. The van der Waals surface area contributed by atoms with Crippen molar-refractivity contribution in [2.75, 3.05) is 14.2 Å². The highest BCUT2D eigenvalue weighted by atomic mass is 79.9. The molecule has 0 aliphatic rings. The minimum absolute atomic E-state index is 0.146. The Morgan fingerprint density at radius 2 is 1.68 bits per heavy atom. The van der Waals surface area contributed by atoms with Crippen LogP contribution < -0.4 is 19.6 Å². The van der Waals surface area contributed by atoms with Crippen LogP contribution in [-0.2, 0) is 6.61 Å². The van der Waals surface area contributed by atoms with Gasteiger partial charge in [-0.1, -0.05) is 36.4 Å². The van der Waals surface area contributed by atoms with E-state index in [1.165, 1.54) is 26.5 Å². The van der Waals surface area contributed by atoms with E-state index in [-0.39, 0.29) is 12.2 Å². The Bertz CT molecular complexity index is 1500. The number of nitrogens with zero attached hydrogens (tertiary/aromatic N) is 1. The first-order chi connectivity index (χ1) is 17.9. The zero-order chi connectivity index (χ0) is 26.4. The molecule has 2 N–H and O–H groups in total. The summed E-state index contributed by atoms with van der Waals surface area (Å²) in [6.45, 7) is 0.146. The van der Waals surface area contributed by atoms with Gasteiger partial charge in [-0.3, -0.25) is 4.79 Å². The average molecular weight is 563 g/mol. The summed E-state index contributed by atoms with van der Waals surface area (Å²) in [6, 6.07) is 21.3. The number of ether oxygens (including phenoxy) is 3. The third-order valence-electron chi connectivity index (χ3n) is 5.50. The highest BCUT2D eigenvalue weighted by molar-refractivity contribution is 9.10. The van der Waals surface area contributed by atoms with Crippen molar-refractivity contribution >= 4 is 44.8 Å². The topological polar surface area (TPSA) is 106 Å². The Labute approximate surface area is 221 Å². The summed E-state index contributed by atoms with van der Waals surface area (Å²) in [4.78, 5) is 24.0. The van der Waals surface area contributed by atoms with Crippen molar-refractivity contribution in [1.82, 2.24) is 5.43 Å². The van der Waals surface area contributed by atoms with Crippen molar-refractivity contribution < 1.29 is 28.9 Å².